The van der Waals surface area contributed by atoms with Crippen molar-refractivity contribution in [3.05, 3.63) is 29.8 Å². The zero-order chi connectivity index (χ0) is 16.1. The van der Waals surface area contributed by atoms with Gasteiger partial charge in [-0.1, -0.05) is 6.42 Å². The minimum Gasteiger partial charge on any atom is -0.484 e. The van der Waals surface area contributed by atoms with Crippen molar-refractivity contribution in [2.75, 3.05) is 26.2 Å². The summed E-state index contributed by atoms with van der Waals surface area (Å²) >= 11 is 0. The summed E-state index contributed by atoms with van der Waals surface area (Å²) < 4.78 is 5.48. The Hall–Kier alpha value is -2.04. The first-order valence-electron chi connectivity index (χ1n) is 8.51. The van der Waals surface area contributed by atoms with Crippen molar-refractivity contribution in [3.8, 4) is 5.75 Å². The lowest BCUT2D eigenvalue weighted by Crippen LogP contribution is -2.35. The summed E-state index contributed by atoms with van der Waals surface area (Å²) in [6.45, 7) is 2.47. The second kappa shape index (κ2) is 7.49. The predicted molar refractivity (Wildman–Crippen MR) is 87.4 cm³/mol. The highest BCUT2D eigenvalue weighted by molar-refractivity contribution is 5.94. The van der Waals surface area contributed by atoms with Crippen LogP contribution in [0.25, 0.3) is 0 Å². The Labute approximate surface area is 137 Å². The Bertz CT molecular complexity index is 546. The highest BCUT2D eigenvalue weighted by Gasteiger charge is 2.19. The zero-order valence-corrected chi connectivity index (χ0v) is 13.4. The van der Waals surface area contributed by atoms with Gasteiger partial charge in [-0.3, -0.25) is 9.59 Å². The summed E-state index contributed by atoms with van der Waals surface area (Å²) in [6, 6.07) is 7.04. The second-order valence-electron chi connectivity index (χ2n) is 6.41. The number of rotatable bonds is 6. The number of ether oxygens (including phenoxy) is 1. The Kier molecular flexibility index (Phi) is 5.16. The molecular formula is C18H24N2O3. The fourth-order valence-corrected chi connectivity index (χ4v) is 2.95. The lowest BCUT2D eigenvalue weighted by Gasteiger charge is -2.25. The van der Waals surface area contributed by atoms with Crippen molar-refractivity contribution < 1.29 is 14.3 Å². The van der Waals surface area contributed by atoms with E-state index in [0.717, 1.165) is 32.5 Å². The fraction of sp³-hybridized carbons (Fsp3) is 0.556. The van der Waals surface area contributed by atoms with E-state index in [1.165, 1.54) is 19.3 Å². The van der Waals surface area contributed by atoms with Crippen molar-refractivity contribution in [1.82, 2.24) is 10.2 Å². The molecule has 1 saturated heterocycles. The molecule has 1 aromatic carbocycles. The summed E-state index contributed by atoms with van der Waals surface area (Å²) in [7, 11) is 0. The number of amides is 2. The summed E-state index contributed by atoms with van der Waals surface area (Å²) in [5.74, 6) is 1.25. The van der Waals surface area contributed by atoms with E-state index < -0.39 is 0 Å². The van der Waals surface area contributed by atoms with Crippen molar-refractivity contribution in [2.24, 2.45) is 5.92 Å². The van der Waals surface area contributed by atoms with Crippen LogP contribution in [0.5, 0.6) is 5.75 Å². The third-order valence-electron chi connectivity index (χ3n) is 4.68. The second-order valence-corrected chi connectivity index (χ2v) is 6.41. The summed E-state index contributed by atoms with van der Waals surface area (Å²) in [4.78, 5) is 25.8. The van der Waals surface area contributed by atoms with E-state index in [1.54, 1.807) is 24.3 Å². The maximum absolute atomic E-state index is 12.2. The summed E-state index contributed by atoms with van der Waals surface area (Å²) in [5.41, 5.74) is 0.675. The molecule has 1 aliphatic carbocycles. The SMILES string of the molecule is O=C(COc1ccc(C(=O)N2CCCC2)cc1)NCC1CCC1. The molecule has 1 aromatic rings. The molecule has 0 aromatic heterocycles. The number of carbonyl (C=O) groups excluding carboxylic acids is 2. The number of carbonyl (C=O) groups is 2. The van der Waals surface area contributed by atoms with Gasteiger partial charge in [-0.15, -0.1) is 0 Å². The predicted octanol–water partition coefficient (Wildman–Crippen LogP) is 2.22. The van der Waals surface area contributed by atoms with Gasteiger partial charge in [-0.2, -0.15) is 0 Å². The molecule has 0 spiro atoms. The van der Waals surface area contributed by atoms with Gasteiger partial charge in [-0.25, -0.2) is 0 Å². The molecule has 2 amide bonds. The molecule has 1 N–H and O–H groups in total. The lowest BCUT2D eigenvalue weighted by molar-refractivity contribution is -0.123. The number of nitrogens with one attached hydrogen (secondary N) is 1. The van der Waals surface area contributed by atoms with E-state index in [1.807, 2.05) is 4.90 Å². The van der Waals surface area contributed by atoms with Gasteiger partial charge in [-0.05, 0) is 55.9 Å². The molecule has 0 unspecified atom stereocenters. The monoisotopic (exact) mass is 316 g/mol. The highest BCUT2D eigenvalue weighted by atomic mass is 16.5. The zero-order valence-electron chi connectivity index (χ0n) is 13.4. The van der Waals surface area contributed by atoms with Gasteiger partial charge in [0.15, 0.2) is 6.61 Å². The van der Waals surface area contributed by atoms with Crippen LogP contribution in [-0.2, 0) is 4.79 Å². The van der Waals surface area contributed by atoms with Crippen LogP contribution in [-0.4, -0.2) is 43.0 Å². The van der Waals surface area contributed by atoms with Gasteiger partial charge in [0.2, 0.25) is 0 Å². The van der Waals surface area contributed by atoms with Crippen LogP contribution in [0, 0.1) is 5.92 Å². The summed E-state index contributed by atoms with van der Waals surface area (Å²) in [5, 5.41) is 2.90. The van der Waals surface area contributed by atoms with E-state index in [-0.39, 0.29) is 18.4 Å². The van der Waals surface area contributed by atoms with Crippen LogP contribution in [0.2, 0.25) is 0 Å². The molecule has 2 fully saturated rings. The highest BCUT2D eigenvalue weighted by Crippen LogP contribution is 2.25. The molecule has 1 saturated carbocycles. The van der Waals surface area contributed by atoms with E-state index in [9.17, 15) is 9.59 Å². The first-order valence-corrected chi connectivity index (χ1v) is 8.51. The largest absolute Gasteiger partial charge is 0.484 e. The quantitative estimate of drug-likeness (QED) is 0.875. The number of hydrogen-bond donors (Lipinski definition) is 1. The number of likely N-dealkylation sites (tertiary alicyclic amines) is 1. The molecule has 5 heteroatoms. The van der Waals surface area contributed by atoms with Gasteiger partial charge in [0.1, 0.15) is 5.75 Å². The van der Waals surface area contributed by atoms with Crippen molar-refractivity contribution in [1.29, 1.82) is 0 Å². The van der Waals surface area contributed by atoms with Crippen LogP contribution in [0.4, 0.5) is 0 Å². The lowest BCUT2D eigenvalue weighted by atomic mass is 9.85. The number of hydrogen-bond acceptors (Lipinski definition) is 3. The third-order valence-corrected chi connectivity index (χ3v) is 4.68. The van der Waals surface area contributed by atoms with Crippen molar-refractivity contribution in [2.45, 2.75) is 32.1 Å². The van der Waals surface area contributed by atoms with Crippen LogP contribution in [0.1, 0.15) is 42.5 Å². The van der Waals surface area contributed by atoms with Crippen molar-refractivity contribution in [3.63, 3.8) is 0 Å². The van der Waals surface area contributed by atoms with E-state index in [0.29, 0.717) is 17.2 Å². The first kappa shape index (κ1) is 15.8. The normalized spacial score (nSPS) is 17.7. The maximum atomic E-state index is 12.2. The molecule has 0 radical (unpaired) electrons. The van der Waals surface area contributed by atoms with Gasteiger partial charge in [0.25, 0.3) is 11.8 Å². The summed E-state index contributed by atoms with van der Waals surface area (Å²) in [6.07, 6.45) is 5.88. The van der Waals surface area contributed by atoms with Crippen LogP contribution in [0.3, 0.4) is 0 Å². The van der Waals surface area contributed by atoms with E-state index in [2.05, 4.69) is 5.32 Å². The smallest absolute Gasteiger partial charge is 0.257 e. The molecule has 0 bridgehead atoms. The van der Waals surface area contributed by atoms with Crippen LogP contribution < -0.4 is 10.1 Å². The number of nitrogens with zero attached hydrogens (tertiary/aromatic N) is 1. The van der Waals surface area contributed by atoms with Gasteiger partial charge in [0.05, 0.1) is 0 Å². The minimum absolute atomic E-state index is 0.0200. The Morgan fingerprint density at radius 1 is 1.09 bits per heavy atom. The van der Waals surface area contributed by atoms with Crippen molar-refractivity contribution >= 4 is 11.8 Å². The Morgan fingerprint density at radius 3 is 2.39 bits per heavy atom. The fourth-order valence-electron chi connectivity index (χ4n) is 2.95. The maximum Gasteiger partial charge on any atom is 0.257 e. The molecule has 5 nitrogen and oxygen atoms in total. The van der Waals surface area contributed by atoms with Gasteiger partial charge >= 0.3 is 0 Å². The molecule has 1 aliphatic heterocycles. The third kappa shape index (κ3) is 4.24. The van der Waals surface area contributed by atoms with Crippen LogP contribution >= 0.6 is 0 Å². The molecular weight excluding hydrogens is 292 g/mol. The molecule has 1 heterocycles. The molecule has 23 heavy (non-hydrogen) atoms. The van der Waals surface area contributed by atoms with Gasteiger partial charge < -0.3 is 15.0 Å². The van der Waals surface area contributed by atoms with Crippen LogP contribution in [0.15, 0.2) is 24.3 Å². The van der Waals surface area contributed by atoms with E-state index in [4.69, 9.17) is 4.74 Å². The topological polar surface area (TPSA) is 58.6 Å². The molecule has 0 atom stereocenters. The Balaban J connectivity index is 1.43. The number of benzene rings is 1. The Morgan fingerprint density at radius 2 is 1.78 bits per heavy atom. The first-order chi connectivity index (χ1) is 11.2. The standard InChI is InChI=1S/C18H24N2O3/c21-17(19-12-14-4-3-5-14)13-23-16-8-6-15(7-9-16)18(22)20-10-1-2-11-20/h6-9,14H,1-5,10-13H2,(H,19,21). The van der Waals surface area contributed by atoms with E-state index >= 15 is 0 Å². The average molecular weight is 316 g/mol. The molecule has 2 aliphatic rings. The minimum atomic E-state index is -0.0888. The average Bonchev–Trinajstić information content (AvgIpc) is 3.05. The molecule has 124 valence electrons. The van der Waals surface area contributed by atoms with Gasteiger partial charge in [0, 0.05) is 25.2 Å². The molecule has 3 rings (SSSR count).